The molecule has 0 aliphatic carbocycles. The zero-order valence-corrected chi connectivity index (χ0v) is 20.6. The summed E-state index contributed by atoms with van der Waals surface area (Å²) in [6.07, 6.45) is 1.91. The van der Waals surface area contributed by atoms with Crippen LogP contribution >= 0.6 is 15.9 Å². The van der Waals surface area contributed by atoms with Crippen LogP contribution in [-0.2, 0) is 9.47 Å². The van der Waals surface area contributed by atoms with Crippen molar-refractivity contribution in [1.82, 2.24) is 10.4 Å². The molecule has 1 aromatic carbocycles. The van der Waals surface area contributed by atoms with Crippen molar-refractivity contribution in [3.8, 4) is 0 Å². The zero-order valence-electron chi connectivity index (χ0n) is 18.0. The Balaban J connectivity index is 1.52. The Labute approximate surface area is 188 Å². The van der Waals surface area contributed by atoms with Gasteiger partial charge in [-0.15, -0.1) is 0 Å². The van der Waals surface area contributed by atoms with Crippen molar-refractivity contribution < 1.29 is 9.47 Å². The van der Waals surface area contributed by atoms with E-state index < -0.39 is 8.07 Å². The van der Waals surface area contributed by atoms with Crippen LogP contribution in [-0.4, -0.2) is 52.7 Å². The second-order valence-electron chi connectivity index (χ2n) is 9.09. The highest BCUT2D eigenvalue weighted by Gasteiger charge is 2.30. The Morgan fingerprint density at radius 3 is 2.77 bits per heavy atom. The molecule has 0 spiro atoms. The van der Waals surface area contributed by atoms with E-state index in [9.17, 15) is 0 Å². The van der Waals surface area contributed by atoms with E-state index in [0.717, 1.165) is 43.2 Å². The molecule has 0 radical (unpaired) electrons. The van der Waals surface area contributed by atoms with E-state index in [1.54, 1.807) is 0 Å². The highest BCUT2D eigenvalue weighted by Crippen LogP contribution is 2.38. The van der Waals surface area contributed by atoms with Gasteiger partial charge in [-0.3, -0.25) is 5.01 Å². The van der Waals surface area contributed by atoms with Gasteiger partial charge in [-0.1, -0.05) is 35.6 Å². The van der Waals surface area contributed by atoms with Gasteiger partial charge in [0, 0.05) is 44.0 Å². The van der Waals surface area contributed by atoms with Crippen LogP contribution in [0.4, 0.5) is 11.5 Å². The normalized spacial score (nSPS) is 19.3. The number of fused-ring (bicyclic) bond motifs is 1. The Morgan fingerprint density at radius 1 is 1.20 bits per heavy atom. The van der Waals surface area contributed by atoms with Crippen LogP contribution in [0.15, 0.2) is 41.0 Å². The van der Waals surface area contributed by atoms with Crippen molar-refractivity contribution >= 4 is 35.5 Å². The molecule has 2 aliphatic heterocycles. The molecule has 1 unspecified atom stereocenters. The number of aromatic nitrogens is 1. The average molecular weight is 492 g/mol. The third-order valence-corrected chi connectivity index (χ3v) is 7.73. The van der Waals surface area contributed by atoms with E-state index >= 15 is 0 Å². The molecule has 30 heavy (non-hydrogen) atoms. The van der Waals surface area contributed by atoms with Crippen LogP contribution in [0.5, 0.6) is 0 Å². The van der Waals surface area contributed by atoms with Gasteiger partial charge in [0.1, 0.15) is 12.5 Å². The fourth-order valence-corrected chi connectivity index (χ4v) is 4.91. The minimum Gasteiger partial charge on any atom is -0.378 e. The third-order valence-electron chi connectivity index (χ3n) is 5.53. The van der Waals surface area contributed by atoms with Crippen molar-refractivity contribution in [2.24, 2.45) is 0 Å². The number of morpholine rings is 1. The molecule has 4 rings (SSSR count). The molecule has 1 N–H and O–H groups in total. The molecule has 6 nitrogen and oxygen atoms in total. The summed E-state index contributed by atoms with van der Waals surface area (Å²) in [5.41, 5.74) is 7.27. The van der Waals surface area contributed by atoms with Crippen molar-refractivity contribution in [1.29, 1.82) is 0 Å². The number of pyridine rings is 1. The molecule has 0 bridgehead atoms. The molecule has 8 heteroatoms. The van der Waals surface area contributed by atoms with Crippen molar-refractivity contribution in [2.45, 2.75) is 31.7 Å². The molecule has 1 aromatic heterocycles. The van der Waals surface area contributed by atoms with Crippen molar-refractivity contribution in [2.75, 3.05) is 49.5 Å². The number of ether oxygens (including phenoxy) is 2. The molecular formula is C22H31BrN4O2Si. The standard InChI is InChI=1S/C22H31BrN4O2Si/c1-30(2,3)13-12-29-16-27-20-5-4-18(23)15-19(20)22(25-27)17-6-7-24-21(14-17)26-8-10-28-11-9-26/h4-7,14-15,22,25H,8-13,16H2,1-3H3. The molecule has 0 amide bonds. The summed E-state index contributed by atoms with van der Waals surface area (Å²) in [4.78, 5) is 6.90. The number of nitrogens with zero attached hydrogens (tertiary/aromatic N) is 3. The second-order valence-corrected chi connectivity index (χ2v) is 15.6. The molecule has 1 saturated heterocycles. The molecule has 1 fully saturated rings. The molecule has 3 heterocycles. The first-order chi connectivity index (χ1) is 14.4. The molecule has 162 valence electrons. The first-order valence-electron chi connectivity index (χ1n) is 10.6. The quantitative estimate of drug-likeness (QED) is 0.458. The molecule has 0 saturated carbocycles. The van der Waals surface area contributed by atoms with Gasteiger partial charge in [-0.05, 0) is 41.9 Å². The van der Waals surface area contributed by atoms with E-state index in [1.807, 2.05) is 6.20 Å². The number of nitrogens with one attached hydrogen (secondary N) is 1. The number of benzene rings is 1. The average Bonchev–Trinajstić information content (AvgIpc) is 3.09. The Bertz CT molecular complexity index is 870. The van der Waals surface area contributed by atoms with Crippen molar-refractivity contribution in [3.05, 3.63) is 52.1 Å². The van der Waals surface area contributed by atoms with Crippen LogP contribution in [0.25, 0.3) is 0 Å². The molecule has 1 atom stereocenters. The first kappa shape index (κ1) is 21.8. The topological polar surface area (TPSA) is 49.9 Å². The summed E-state index contributed by atoms with van der Waals surface area (Å²) in [5.74, 6) is 1.01. The number of hydrogen-bond donors (Lipinski definition) is 1. The lowest BCUT2D eigenvalue weighted by Crippen LogP contribution is -2.38. The van der Waals surface area contributed by atoms with Gasteiger partial charge in [0.15, 0.2) is 0 Å². The smallest absolute Gasteiger partial charge is 0.133 e. The highest BCUT2D eigenvalue weighted by molar-refractivity contribution is 9.10. The van der Waals surface area contributed by atoms with Gasteiger partial charge in [-0.25, -0.2) is 10.4 Å². The largest absolute Gasteiger partial charge is 0.378 e. The summed E-state index contributed by atoms with van der Waals surface area (Å²) in [5, 5.41) is 2.13. The van der Waals surface area contributed by atoms with Crippen LogP contribution in [0.1, 0.15) is 17.2 Å². The van der Waals surface area contributed by atoms with Gasteiger partial charge in [0.25, 0.3) is 0 Å². The summed E-state index contributed by atoms with van der Waals surface area (Å²) in [7, 11) is -1.09. The van der Waals surface area contributed by atoms with E-state index in [0.29, 0.717) is 6.73 Å². The summed E-state index contributed by atoms with van der Waals surface area (Å²) in [6.45, 7) is 11.8. The second kappa shape index (κ2) is 9.36. The zero-order chi connectivity index (χ0) is 21.1. The van der Waals surface area contributed by atoms with Crippen LogP contribution in [0.3, 0.4) is 0 Å². The summed E-state index contributed by atoms with van der Waals surface area (Å²) in [6, 6.07) is 12.0. The van der Waals surface area contributed by atoms with Gasteiger partial charge >= 0.3 is 0 Å². The minimum atomic E-state index is -1.09. The Hall–Kier alpha value is -1.45. The highest BCUT2D eigenvalue weighted by atomic mass is 79.9. The summed E-state index contributed by atoms with van der Waals surface area (Å²) >= 11 is 3.64. The van der Waals surface area contributed by atoms with Crippen LogP contribution in [0.2, 0.25) is 25.7 Å². The number of hydrazine groups is 1. The lowest BCUT2D eigenvalue weighted by molar-refractivity contribution is 0.122. The lowest BCUT2D eigenvalue weighted by Gasteiger charge is -2.28. The number of hydrogen-bond acceptors (Lipinski definition) is 6. The first-order valence-corrected chi connectivity index (χ1v) is 15.1. The fourth-order valence-electron chi connectivity index (χ4n) is 3.77. The van der Waals surface area contributed by atoms with Crippen molar-refractivity contribution in [3.63, 3.8) is 0 Å². The maximum Gasteiger partial charge on any atom is 0.133 e. The number of rotatable bonds is 7. The minimum absolute atomic E-state index is 0.0703. The number of anilines is 2. The van der Waals surface area contributed by atoms with Gasteiger partial charge in [0.05, 0.1) is 24.9 Å². The summed E-state index contributed by atoms with van der Waals surface area (Å²) < 4.78 is 12.6. The molecular weight excluding hydrogens is 460 g/mol. The van der Waals surface area contributed by atoms with E-state index in [4.69, 9.17) is 9.47 Å². The number of halogens is 1. The van der Waals surface area contributed by atoms with Gasteiger partial charge < -0.3 is 14.4 Å². The maximum absolute atomic E-state index is 6.04. The van der Waals surface area contributed by atoms with E-state index in [2.05, 4.69) is 86.2 Å². The fraction of sp³-hybridized carbons (Fsp3) is 0.500. The lowest BCUT2D eigenvalue weighted by atomic mass is 10.00. The van der Waals surface area contributed by atoms with Gasteiger partial charge in [-0.2, -0.15) is 0 Å². The Kier molecular flexibility index (Phi) is 6.79. The SMILES string of the molecule is C[Si](C)(C)CCOCN1NC(c2ccnc(N3CCOCC3)c2)c2cc(Br)ccc21. The third kappa shape index (κ3) is 5.23. The predicted molar refractivity (Wildman–Crippen MR) is 128 cm³/mol. The molecule has 2 aromatic rings. The maximum atomic E-state index is 6.04. The van der Waals surface area contributed by atoms with E-state index in [-0.39, 0.29) is 6.04 Å². The monoisotopic (exact) mass is 490 g/mol. The van der Waals surface area contributed by atoms with Gasteiger partial charge in [0.2, 0.25) is 0 Å². The molecule has 2 aliphatic rings. The Morgan fingerprint density at radius 2 is 2.00 bits per heavy atom. The van der Waals surface area contributed by atoms with E-state index in [1.165, 1.54) is 22.9 Å². The van der Waals surface area contributed by atoms with Crippen LogP contribution in [0, 0.1) is 0 Å². The predicted octanol–water partition coefficient (Wildman–Crippen LogP) is 4.41. The van der Waals surface area contributed by atoms with Crippen LogP contribution < -0.4 is 15.3 Å².